The first-order chi connectivity index (χ1) is 10.9. The van der Waals surface area contributed by atoms with E-state index in [4.69, 9.17) is 0 Å². The minimum Gasteiger partial charge on any atom is -0.545 e. The molecule has 0 aliphatic rings. The van der Waals surface area contributed by atoms with Crippen LogP contribution in [0.3, 0.4) is 0 Å². The molecule has 0 aliphatic carbocycles. The predicted octanol–water partition coefficient (Wildman–Crippen LogP) is -8.87. The molecule has 0 saturated heterocycles. The van der Waals surface area contributed by atoms with Gasteiger partial charge in [0.1, 0.15) is 0 Å². The second-order valence-electron chi connectivity index (χ2n) is 2.91. The van der Waals surface area contributed by atoms with E-state index in [-0.39, 0.29) is 81.7 Å². The number of rotatable bonds is 6. The number of hydrogen-bond donors (Lipinski definition) is 0. The largest absolute Gasteiger partial charge is 3.00 e. The second-order valence-corrected chi connectivity index (χ2v) is 2.91. The molecule has 0 aromatic carbocycles. The van der Waals surface area contributed by atoms with Crippen LogP contribution in [0.4, 0.5) is 0 Å². The SMILES string of the molecule is O=C([O-])/C=C\C(=O)[O-].O=C([O-])/C=C\C(=O)[O-].O=C([O-])/C=C\C(=O)[O-].[Nd+3].[Nd+3]. The molecule has 0 heterocycles. The van der Waals surface area contributed by atoms with Crippen molar-refractivity contribution in [1.29, 1.82) is 0 Å². The van der Waals surface area contributed by atoms with Crippen molar-refractivity contribution in [3.8, 4) is 0 Å². The van der Waals surface area contributed by atoms with Gasteiger partial charge >= 0.3 is 81.7 Å². The third-order valence-corrected chi connectivity index (χ3v) is 1.07. The van der Waals surface area contributed by atoms with E-state index < -0.39 is 35.8 Å². The van der Waals surface area contributed by atoms with E-state index in [0.29, 0.717) is 36.5 Å². The first-order valence-electron chi connectivity index (χ1n) is 5.18. The standard InChI is InChI=1S/3C4H4O4.2Nd/c3*5-3(6)1-2-4(7)8;;/h3*1-2H,(H,5,6)(H,7,8);;/q;;;2*+3/p-6/b3*2-1-;;. The molecule has 0 fully saturated rings. The Morgan fingerprint density at radius 1 is 0.346 bits per heavy atom. The molecule has 0 rings (SSSR count). The Labute approximate surface area is 210 Å². The van der Waals surface area contributed by atoms with Crippen LogP contribution in [0.1, 0.15) is 0 Å². The van der Waals surface area contributed by atoms with Crippen LogP contribution >= 0.6 is 0 Å². The summed E-state index contributed by atoms with van der Waals surface area (Å²) >= 11 is 0. The summed E-state index contributed by atoms with van der Waals surface area (Å²) in [6, 6.07) is 0. The van der Waals surface area contributed by atoms with Crippen LogP contribution in [0.25, 0.3) is 0 Å². The summed E-state index contributed by atoms with van der Waals surface area (Å²) < 4.78 is 0. The molecule has 0 amide bonds. The first-order valence-corrected chi connectivity index (χ1v) is 5.18. The van der Waals surface area contributed by atoms with E-state index in [1.54, 1.807) is 0 Å². The third-order valence-electron chi connectivity index (χ3n) is 1.07. The van der Waals surface area contributed by atoms with Gasteiger partial charge in [-0.15, -0.1) is 0 Å². The number of carboxylic acid groups (broad SMARTS) is 6. The van der Waals surface area contributed by atoms with E-state index >= 15 is 0 Å². The van der Waals surface area contributed by atoms with Crippen molar-refractivity contribution in [2.75, 3.05) is 0 Å². The van der Waals surface area contributed by atoms with Gasteiger partial charge in [0.25, 0.3) is 0 Å². The molecule has 0 spiro atoms. The molecule has 0 bridgehead atoms. The predicted molar refractivity (Wildman–Crippen MR) is 57.5 cm³/mol. The zero-order valence-electron chi connectivity index (χ0n) is 12.4. The minimum absolute atomic E-state index is 0. The Morgan fingerprint density at radius 3 is 0.462 bits per heavy atom. The normalized spacial score (nSPS) is 8.77. The molecule has 0 aromatic heterocycles. The van der Waals surface area contributed by atoms with Crippen molar-refractivity contribution >= 4 is 35.8 Å². The molecular formula is C12H6Nd2O12. The van der Waals surface area contributed by atoms with Gasteiger partial charge in [-0.05, 0) is 36.5 Å². The van der Waals surface area contributed by atoms with Crippen LogP contribution in [0.2, 0.25) is 0 Å². The fraction of sp³-hybridized carbons (Fsp3) is 0. The summed E-state index contributed by atoms with van der Waals surface area (Å²) in [4.78, 5) is 56.5. The smallest absolute Gasteiger partial charge is 0.545 e. The van der Waals surface area contributed by atoms with E-state index in [1.165, 1.54) is 0 Å². The van der Waals surface area contributed by atoms with E-state index in [0.717, 1.165) is 0 Å². The van der Waals surface area contributed by atoms with Gasteiger partial charge in [0.2, 0.25) is 0 Å². The van der Waals surface area contributed by atoms with Gasteiger partial charge in [-0.3, -0.25) is 0 Å². The maximum atomic E-state index is 9.41. The average Bonchev–Trinajstić information content (AvgIpc) is 2.42. The molecule has 0 N–H and O–H groups in total. The number of aliphatic carboxylic acids is 6. The topological polar surface area (TPSA) is 241 Å². The number of carboxylic acids is 6. The maximum absolute atomic E-state index is 9.41. The summed E-state index contributed by atoms with van der Waals surface area (Å²) in [5, 5.41) is 56.5. The molecule has 134 valence electrons. The number of carbonyl (C=O) groups excluding carboxylic acids is 6. The van der Waals surface area contributed by atoms with Crippen molar-refractivity contribution in [2.24, 2.45) is 0 Å². The summed E-state index contributed by atoms with van der Waals surface area (Å²) in [5.74, 6) is -9.28. The van der Waals surface area contributed by atoms with E-state index in [2.05, 4.69) is 0 Å². The van der Waals surface area contributed by atoms with Crippen LogP contribution in [0, 0.1) is 81.7 Å². The summed E-state index contributed by atoms with van der Waals surface area (Å²) in [6.45, 7) is 0. The van der Waals surface area contributed by atoms with Crippen molar-refractivity contribution in [3.05, 3.63) is 36.5 Å². The van der Waals surface area contributed by atoms with E-state index in [9.17, 15) is 59.4 Å². The van der Waals surface area contributed by atoms with Crippen molar-refractivity contribution < 1.29 is 141 Å². The van der Waals surface area contributed by atoms with Crippen LogP contribution < -0.4 is 30.6 Å². The van der Waals surface area contributed by atoms with Gasteiger partial charge in [-0.2, -0.15) is 0 Å². The Kier molecular flexibility index (Phi) is 32.7. The molecular weight excluding hydrogens is 625 g/mol. The molecule has 26 heavy (non-hydrogen) atoms. The molecule has 0 saturated carbocycles. The fourth-order valence-corrected chi connectivity index (χ4v) is 0.408. The fourth-order valence-electron chi connectivity index (χ4n) is 0.408. The zero-order valence-corrected chi connectivity index (χ0v) is 18.8. The molecule has 0 atom stereocenters. The summed E-state index contributed by atoms with van der Waals surface area (Å²) in [7, 11) is 0. The van der Waals surface area contributed by atoms with Gasteiger partial charge in [0.05, 0.1) is 35.8 Å². The van der Waals surface area contributed by atoms with Gasteiger partial charge in [-0.1, -0.05) is 0 Å². The maximum Gasteiger partial charge on any atom is 3.00 e. The van der Waals surface area contributed by atoms with Crippen molar-refractivity contribution in [3.63, 3.8) is 0 Å². The van der Waals surface area contributed by atoms with Crippen LogP contribution in [-0.2, 0) is 28.8 Å². The molecule has 0 aliphatic heterocycles. The summed E-state index contributed by atoms with van der Waals surface area (Å²) in [6.07, 6.45) is 2.31. The monoisotopic (exact) mass is 626 g/mol. The van der Waals surface area contributed by atoms with Gasteiger partial charge in [0.15, 0.2) is 0 Å². The molecule has 0 unspecified atom stereocenters. The zero-order chi connectivity index (χ0) is 19.7. The van der Waals surface area contributed by atoms with Gasteiger partial charge < -0.3 is 59.4 Å². The van der Waals surface area contributed by atoms with E-state index in [1.807, 2.05) is 0 Å². The molecule has 0 aromatic rings. The first kappa shape index (κ1) is 35.8. The van der Waals surface area contributed by atoms with Crippen LogP contribution in [0.5, 0.6) is 0 Å². The van der Waals surface area contributed by atoms with Crippen LogP contribution in [0.15, 0.2) is 36.5 Å². The summed E-state index contributed by atoms with van der Waals surface area (Å²) in [5.41, 5.74) is 0. The minimum atomic E-state index is -1.55. The Morgan fingerprint density at radius 2 is 0.423 bits per heavy atom. The van der Waals surface area contributed by atoms with Gasteiger partial charge in [-0.25, -0.2) is 0 Å². The number of carbonyl (C=O) groups is 6. The number of hydrogen-bond acceptors (Lipinski definition) is 12. The second kappa shape index (κ2) is 23.7. The van der Waals surface area contributed by atoms with Crippen molar-refractivity contribution in [1.82, 2.24) is 0 Å². The Balaban J connectivity index is -0.0000000817. The molecule has 14 heteroatoms. The Hall–Kier alpha value is -1.26. The molecule has 2 radical (unpaired) electrons. The van der Waals surface area contributed by atoms with Crippen LogP contribution in [-0.4, -0.2) is 35.8 Å². The Bertz CT molecular complexity index is 448. The van der Waals surface area contributed by atoms with Crippen molar-refractivity contribution in [2.45, 2.75) is 0 Å². The third kappa shape index (κ3) is 56.9. The van der Waals surface area contributed by atoms with Gasteiger partial charge in [0, 0.05) is 0 Å². The quantitative estimate of drug-likeness (QED) is 0.249. The average molecular weight is 631 g/mol. The molecule has 12 nitrogen and oxygen atoms in total.